The first-order chi connectivity index (χ1) is 11.7. The van der Waals surface area contributed by atoms with Crippen LogP contribution in [0.5, 0.6) is 0 Å². The standard InChI is InChI=1S/C20H35NOS2/c1-17(2)20(22)21(23-18-13-9-5-3-6-10-14-18)24-19-15-11-7-4-8-12-16-19/h18-19H,1,3-16H2,2H3. The van der Waals surface area contributed by atoms with Crippen molar-refractivity contribution < 1.29 is 4.79 Å². The Bertz CT molecular complexity index is 359. The Balaban J connectivity index is 1.94. The van der Waals surface area contributed by atoms with Crippen LogP contribution >= 0.6 is 23.9 Å². The van der Waals surface area contributed by atoms with E-state index >= 15 is 0 Å². The van der Waals surface area contributed by atoms with Crippen LogP contribution in [0.1, 0.15) is 96.8 Å². The van der Waals surface area contributed by atoms with E-state index in [0.717, 1.165) is 0 Å². The lowest BCUT2D eigenvalue weighted by atomic mass is 10.0. The molecule has 0 spiro atoms. The summed E-state index contributed by atoms with van der Waals surface area (Å²) in [6.45, 7) is 5.77. The summed E-state index contributed by atoms with van der Waals surface area (Å²) in [5.41, 5.74) is 0.673. The fourth-order valence-corrected chi connectivity index (χ4v) is 6.66. The van der Waals surface area contributed by atoms with Gasteiger partial charge in [0.25, 0.3) is 5.91 Å². The maximum atomic E-state index is 12.7. The van der Waals surface area contributed by atoms with Gasteiger partial charge in [-0.25, -0.2) is 3.71 Å². The number of hydrogen-bond acceptors (Lipinski definition) is 3. The van der Waals surface area contributed by atoms with Crippen LogP contribution < -0.4 is 0 Å². The second-order valence-electron chi connectivity index (χ2n) is 7.49. The van der Waals surface area contributed by atoms with Crippen molar-refractivity contribution in [3.8, 4) is 0 Å². The van der Waals surface area contributed by atoms with Crippen LogP contribution in [0.3, 0.4) is 0 Å². The van der Waals surface area contributed by atoms with E-state index in [2.05, 4.69) is 6.58 Å². The van der Waals surface area contributed by atoms with Gasteiger partial charge in [-0.2, -0.15) is 0 Å². The molecule has 2 rings (SSSR count). The van der Waals surface area contributed by atoms with Gasteiger partial charge in [-0.1, -0.05) is 70.8 Å². The lowest BCUT2D eigenvalue weighted by Crippen LogP contribution is -2.25. The van der Waals surface area contributed by atoms with Crippen LogP contribution in [0.2, 0.25) is 0 Å². The van der Waals surface area contributed by atoms with Gasteiger partial charge in [0.2, 0.25) is 0 Å². The third-order valence-corrected chi connectivity index (χ3v) is 7.90. The van der Waals surface area contributed by atoms with Crippen molar-refractivity contribution in [1.29, 1.82) is 0 Å². The Labute approximate surface area is 157 Å². The SMILES string of the molecule is C=C(C)C(=O)N(SC1CCCCCCC1)SC1CCCCCCC1. The number of hydrogen-bond donors (Lipinski definition) is 0. The summed E-state index contributed by atoms with van der Waals surface area (Å²) in [6.07, 6.45) is 18.6. The Morgan fingerprint density at radius 1 is 0.750 bits per heavy atom. The smallest absolute Gasteiger partial charge is 0.268 e. The number of carbonyl (C=O) groups is 1. The van der Waals surface area contributed by atoms with Gasteiger partial charge in [-0.3, -0.25) is 4.79 Å². The molecule has 2 nitrogen and oxygen atoms in total. The minimum absolute atomic E-state index is 0.133. The van der Waals surface area contributed by atoms with Gasteiger partial charge in [0.15, 0.2) is 0 Å². The first-order valence-electron chi connectivity index (χ1n) is 10.0. The molecule has 4 heteroatoms. The molecule has 2 saturated carbocycles. The predicted octanol–water partition coefficient (Wildman–Crippen LogP) is 6.91. The van der Waals surface area contributed by atoms with Crippen molar-refractivity contribution in [1.82, 2.24) is 3.71 Å². The Morgan fingerprint density at radius 3 is 1.42 bits per heavy atom. The molecule has 0 bridgehead atoms. The zero-order valence-electron chi connectivity index (χ0n) is 15.4. The highest BCUT2D eigenvalue weighted by Gasteiger charge is 2.25. The fourth-order valence-electron chi connectivity index (χ4n) is 3.60. The molecule has 0 aromatic heterocycles. The third-order valence-electron chi connectivity index (χ3n) is 5.12. The predicted molar refractivity (Wildman–Crippen MR) is 109 cm³/mol. The molecule has 0 aliphatic heterocycles. The molecule has 138 valence electrons. The topological polar surface area (TPSA) is 20.3 Å². The highest BCUT2D eigenvalue weighted by Crippen LogP contribution is 2.38. The van der Waals surface area contributed by atoms with E-state index in [-0.39, 0.29) is 5.91 Å². The fraction of sp³-hybridized carbons (Fsp3) is 0.850. The lowest BCUT2D eigenvalue weighted by molar-refractivity contribution is -0.119. The number of nitrogens with zero attached hydrogens (tertiary/aromatic N) is 1. The second-order valence-corrected chi connectivity index (χ2v) is 10.2. The quantitative estimate of drug-likeness (QED) is 0.388. The molecule has 0 heterocycles. The third kappa shape index (κ3) is 7.43. The van der Waals surface area contributed by atoms with Gasteiger partial charge in [-0.05, 0) is 56.5 Å². The highest BCUT2D eigenvalue weighted by atomic mass is 32.2. The maximum absolute atomic E-state index is 12.7. The van der Waals surface area contributed by atoms with E-state index < -0.39 is 0 Å². The van der Waals surface area contributed by atoms with E-state index in [1.165, 1.54) is 89.9 Å². The van der Waals surface area contributed by atoms with Crippen molar-refractivity contribution in [3.63, 3.8) is 0 Å². The van der Waals surface area contributed by atoms with Crippen molar-refractivity contribution in [2.45, 2.75) is 107 Å². The highest BCUT2D eigenvalue weighted by molar-refractivity contribution is 8.13. The van der Waals surface area contributed by atoms with E-state index in [1.807, 2.05) is 34.5 Å². The average Bonchev–Trinajstić information content (AvgIpc) is 2.50. The van der Waals surface area contributed by atoms with Crippen molar-refractivity contribution in [3.05, 3.63) is 12.2 Å². The molecular weight excluding hydrogens is 334 g/mol. The molecule has 1 amide bonds. The van der Waals surface area contributed by atoms with Gasteiger partial charge in [0.05, 0.1) is 0 Å². The van der Waals surface area contributed by atoms with Gasteiger partial charge in [-0.15, -0.1) is 0 Å². The van der Waals surface area contributed by atoms with Gasteiger partial charge < -0.3 is 0 Å². The summed E-state index contributed by atoms with van der Waals surface area (Å²) in [7, 11) is 0. The van der Waals surface area contributed by atoms with E-state index in [9.17, 15) is 4.79 Å². The summed E-state index contributed by atoms with van der Waals surface area (Å²) in [4.78, 5) is 12.7. The first kappa shape index (κ1) is 20.2. The molecule has 2 fully saturated rings. The molecule has 2 aliphatic rings. The van der Waals surface area contributed by atoms with Crippen molar-refractivity contribution >= 4 is 29.8 Å². The summed E-state index contributed by atoms with van der Waals surface area (Å²) in [6, 6.07) is 0. The molecule has 0 unspecified atom stereocenters. The number of amides is 1. The summed E-state index contributed by atoms with van der Waals surface area (Å²) >= 11 is 3.63. The monoisotopic (exact) mass is 369 g/mol. The maximum Gasteiger partial charge on any atom is 0.269 e. The Hall–Kier alpha value is -0.0900. The van der Waals surface area contributed by atoms with Gasteiger partial charge in [0.1, 0.15) is 0 Å². The summed E-state index contributed by atoms with van der Waals surface area (Å²) < 4.78 is 2.01. The molecular formula is C20H35NOS2. The molecule has 0 N–H and O–H groups in total. The Morgan fingerprint density at radius 2 is 1.08 bits per heavy atom. The normalized spacial score (nSPS) is 22.0. The molecule has 0 saturated heterocycles. The molecule has 0 aromatic carbocycles. The van der Waals surface area contributed by atoms with E-state index in [4.69, 9.17) is 0 Å². The Kier molecular flexibility index (Phi) is 9.70. The minimum Gasteiger partial charge on any atom is -0.268 e. The average molecular weight is 370 g/mol. The molecule has 24 heavy (non-hydrogen) atoms. The first-order valence-corrected chi connectivity index (χ1v) is 11.7. The van der Waals surface area contributed by atoms with E-state index in [0.29, 0.717) is 16.1 Å². The van der Waals surface area contributed by atoms with E-state index in [1.54, 1.807) is 0 Å². The van der Waals surface area contributed by atoms with Crippen LogP contribution in [-0.4, -0.2) is 20.1 Å². The van der Waals surface area contributed by atoms with Crippen molar-refractivity contribution in [2.75, 3.05) is 0 Å². The van der Waals surface area contributed by atoms with Crippen LogP contribution in [0, 0.1) is 0 Å². The minimum atomic E-state index is 0.133. The number of rotatable bonds is 5. The molecule has 0 atom stereocenters. The largest absolute Gasteiger partial charge is 0.269 e. The molecule has 0 radical (unpaired) electrons. The molecule has 2 aliphatic carbocycles. The van der Waals surface area contributed by atoms with Gasteiger partial charge in [0, 0.05) is 16.1 Å². The summed E-state index contributed by atoms with van der Waals surface area (Å²) in [5.74, 6) is 0.133. The van der Waals surface area contributed by atoms with Crippen LogP contribution in [0.25, 0.3) is 0 Å². The zero-order chi connectivity index (χ0) is 17.2. The second kappa shape index (κ2) is 11.5. The zero-order valence-corrected chi connectivity index (χ0v) is 17.1. The van der Waals surface area contributed by atoms with Crippen LogP contribution in [0.15, 0.2) is 12.2 Å². The van der Waals surface area contributed by atoms with Crippen LogP contribution in [0.4, 0.5) is 0 Å². The molecule has 0 aromatic rings. The lowest BCUT2D eigenvalue weighted by Gasteiger charge is -2.30. The number of carbonyl (C=O) groups excluding carboxylic acids is 1. The summed E-state index contributed by atoms with van der Waals surface area (Å²) in [5, 5.41) is 1.21. The van der Waals surface area contributed by atoms with Gasteiger partial charge >= 0.3 is 0 Å². The van der Waals surface area contributed by atoms with Crippen molar-refractivity contribution in [2.24, 2.45) is 0 Å². The van der Waals surface area contributed by atoms with Crippen LogP contribution in [-0.2, 0) is 4.79 Å².